The van der Waals surface area contributed by atoms with Gasteiger partial charge in [-0.05, 0) is 26.9 Å². The maximum Gasteiger partial charge on any atom is 0.191 e. The van der Waals surface area contributed by atoms with Crippen molar-refractivity contribution in [2.45, 2.75) is 31.2 Å². The van der Waals surface area contributed by atoms with Crippen LogP contribution in [0.15, 0.2) is 4.99 Å². The van der Waals surface area contributed by atoms with Crippen LogP contribution in [0, 0.1) is 0 Å². The van der Waals surface area contributed by atoms with Crippen LogP contribution in [0.1, 0.15) is 25.7 Å². The highest BCUT2D eigenvalue weighted by atomic mass is 15.4. The monoisotopic (exact) mass is 210 g/mol. The Bertz CT molecular complexity index is 253. The summed E-state index contributed by atoms with van der Waals surface area (Å²) in [5, 5.41) is 0. The molecule has 2 aliphatic rings. The maximum absolute atomic E-state index is 5.98. The summed E-state index contributed by atoms with van der Waals surface area (Å²) in [5.41, 5.74) is 6.27. The number of hydrogen-bond acceptors (Lipinski definition) is 4. The molecule has 0 aromatic heterocycles. The van der Waals surface area contributed by atoms with Gasteiger partial charge in [-0.1, -0.05) is 12.8 Å². The molecular weight excluding hydrogens is 188 g/mol. The van der Waals surface area contributed by atoms with E-state index < -0.39 is 0 Å². The molecule has 0 unspecified atom stereocenters. The summed E-state index contributed by atoms with van der Waals surface area (Å²) in [6.45, 7) is 2.99. The van der Waals surface area contributed by atoms with Crippen LogP contribution < -0.4 is 5.73 Å². The van der Waals surface area contributed by atoms with Crippen LogP contribution in [0.25, 0.3) is 0 Å². The number of guanidine groups is 1. The van der Waals surface area contributed by atoms with Gasteiger partial charge in [-0.3, -0.25) is 4.99 Å². The largest absolute Gasteiger partial charge is 0.370 e. The lowest BCUT2D eigenvalue weighted by molar-refractivity contribution is 0.190. The molecule has 86 valence electrons. The first-order chi connectivity index (χ1) is 7.14. The van der Waals surface area contributed by atoms with E-state index in [0.29, 0.717) is 5.54 Å². The number of hydrogen-bond donors (Lipinski definition) is 1. The molecule has 15 heavy (non-hydrogen) atoms. The summed E-state index contributed by atoms with van der Waals surface area (Å²) < 4.78 is 0. The van der Waals surface area contributed by atoms with Crippen molar-refractivity contribution in [2.24, 2.45) is 10.7 Å². The van der Waals surface area contributed by atoms with Gasteiger partial charge in [0.25, 0.3) is 0 Å². The number of nitrogens with zero attached hydrogens (tertiary/aromatic N) is 3. The molecule has 0 saturated heterocycles. The van der Waals surface area contributed by atoms with Gasteiger partial charge in [-0.25, -0.2) is 0 Å². The fourth-order valence-electron chi connectivity index (χ4n) is 2.75. The standard InChI is InChI=1S/C11H22N4/c1-14(2)7-8-15-10(12)13-9-11(15)5-3-4-6-11/h3-9H2,1-2H3,(H2,12,13). The van der Waals surface area contributed by atoms with E-state index in [9.17, 15) is 0 Å². The lowest BCUT2D eigenvalue weighted by atomic mass is 9.97. The molecule has 2 rings (SSSR count). The van der Waals surface area contributed by atoms with E-state index in [1.54, 1.807) is 0 Å². The van der Waals surface area contributed by atoms with Crippen LogP contribution in [0.3, 0.4) is 0 Å². The van der Waals surface area contributed by atoms with Crippen molar-refractivity contribution in [3.8, 4) is 0 Å². The van der Waals surface area contributed by atoms with Crippen molar-refractivity contribution in [1.82, 2.24) is 9.80 Å². The second-order valence-electron chi connectivity index (χ2n) is 5.06. The molecule has 1 spiro atoms. The van der Waals surface area contributed by atoms with Crippen LogP contribution in [0.4, 0.5) is 0 Å². The summed E-state index contributed by atoms with van der Waals surface area (Å²) in [5.74, 6) is 0.763. The summed E-state index contributed by atoms with van der Waals surface area (Å²) in [6, 6.07) is 0. The first kappa shape index (κ1) is 10.7. The third-order valence-corrected chi connectivity index (χ3v) is 3.69. The molecule has 4 nitrogen and oxygen atoms in total. The van der Waals surface area contributed by atoms with Crippen molar-refractivity contribution < 1.29 is 0 Å². The molecule has 0 amide bonds. The van der Waals surface area contributed by atoms with Gasteiger partial charge in [0.1, 0.15) is 0 Å². The van der Waals surface area contributed by atoms with Gasteiger partial charge in [0, 0.05) is 13.1 Å². The van der Waals surface area contributed by atoms with E-state index in [1.807, 2.05) is 0 Å². The van der Waals surface area contributed by atoms with Crippen molar-refractivity contribution in [3.63, 3.8) is 0 Å². The van der Waals surface area contributed by atoms with Gasteiger partial charge in [0.2, 0.25) is 0 Å². The topological polar surface area (TPSA) is 44.9 Å². The summed E-state index contributed by atoms with van der Waals surface area (Å²) in [4.78, 5) is 8.98. The molecule has 1 aliphatic heterocycles. The second-order valence-corrected chi connectivity index (χ2v) is 5.06. The fraction of sp³-hybridized carbons (Fsp3) is 0.909. The van der Waals surface area contributed by atoms with Crippen LogP contribution >= 0.6 is 0 Å². The van der Waals surface area contributed by atoms with E-state index in [1.165, 1.54) is 25.7 Å². The van der Waals surface area contributed by atoms with Crippen molar-refractivity contribution in [3.05, 3.63) is 0 Å². The SMILES string of the molecule is CN(C)CCN1C(N)=NCC12CCCC2. The third-order valence-electron chi connectivity index (χ3n) is 3.69. The molecule has 0 atom stereocenters. The molecule has 1 aliphatic carbocycles. The Hall–Kier alpha value is -0.770. The number of nitrogens with two attached hydrogens (primary N) is 1. The van der Waals surface area contributed by atoms with Crippen LogP contribution in [-0.4, -0.2) is 55.0 Å². The van der Waals surface area contributed by atoms with E-state index >= 15 is 0 Å². The van der Waals surface area contributed by atoms with E-state index in [2.05, 4.69) is 28.9 Å². The predicted octanol–water partition coefficient (Wildman–Crippen LogP) is 0.491. The van der Waals surface area contributed by atoms with Crippen LogP contribution in [0.5, 0.6) is 0 Å². The quantitative estimate of drug-likeness (QED) is 0.737. The maximum atomic E-state index is 5.98. The highest BCUT2D eigenvalue weighted by Crippen LogP contribution is 2.38. The van der Waals surface area contributed by atoms with E-state index in [-0.39, 0.29) is 0 Å². The molecule has 1 heterocycles. The molecule has 0 bridgehead atoms. The van der Waals surface area contributed by atoms with Gasteiger partial charge < -0.3 is 15.5 Å². The lowest BCUT2D eigenvalue weighted by Gasteiger charge is -2.36. The first-order valence-electron chi connectivity index (χ1n) is 5.86. The minimum absolute atomic E-state index is 0.292. The Kier molecular flexibility index (Phi) is 2.87. The highest BCUT2D eigenvalue weighted by molar-refractivity contribution is 5.81. The zero-order valence-corrected chi connectivity index (χ0v) is 9.87. The molecule has 0 aromatic rings. The Balaban J connectivity index is 2.01. The van der Waals surface area contributed by atoms with Crippen molar-refractivity contribution >= 4 is 5.96 Å². The zero-order valence-electron chi connectivity index (χ0n) is 9.87. The van der Waals surface area contributed by atoms with Crippen LogP contribution in [-0.2, 0) is 0 Å². The molecule has 0 aromatic carbocycles. The number of likely N-dealkylation sites (N-methyl/N-ethyl adjacent to an activating group) is 1. The van der Waals surface area contributed by atoms with E-state index in [0.717, 1.165) is 25.6 Å². The Morgan fingerprint density at radius 2 is 2.07 bits per heavy atom. The number of rotatable bonds is 3. The molecule has 1 saturated carbocycles. The molecule has 2 N–H and O–H groups in total. The van der Waals surface area contributed by atoms with Gasteiger partial charge >= 0.3 is 0 Å². The van der Waals surface area contributed by atoms with Crippen LogP contribution in [0.2, 0.25) is 0 Å². The van der Waals surface area contributed by atoms with E-state index in [4.69, 9.17) is 5.73 Å². The summed E-state index contributed by atoms with van der Waals surface area (Å²) in [7, 11) is 4.20. The Morgan fingerprint density at radius 3 is 2.67 bits per heavy atom. The summed E-state index contributed by atoms with van der Waals surface area (Å²) in [6.07, 6.45) is 5.21. The average molecular weight is 210 g/mol. The average Bonchev–Trinajstić information content (AvgIpc) is 2.75. The van der Waals surface area contributed by atoms with Crippen molar-refractivity contribution in [2.75, 3.05) is 33.7 Å². The molecule has 4 heteroatoms. The lowest BCUT2D eigenvalue weighted by Crippen LogP contribution is -2.51. The number of aliphatic imine (C=N–C) groups is 1. The second kappa shape index (κ2) is 4.00. The molecule has 0 radical (unpaired) electrons. The van der Waals surface area contributed by atoms with Crippen molar-refractivity contribution in [1.29, 1.82) is 0 Å². The smallest absolute Gasteiger partial charge is 0.191 e. The predicted molar refractivity (Wildman–Crippen MR) is 62.9 cm³/mol. The van der Waals surface area contributed by atoms with Gasteiger partial charge in [-0.15, -0.1) is 0 Å². The fourth-order valence-corrected chi connectivity index (χ4v) is 2.75. The Morgan fingerprint density at radius 1 is 1.40 bits per heavy atom. The van der Waals surface area contributed by atoms with Gasteiger partial charge in [0.15, 0.2) is 5.96 Å². The minimum Gasteiger partial charge on any atom is -0.370 e. The Labute approximate surface area is 92.1 Å². The highest BCUT2D eigenvalue weighted by Gasteiger charge is 2.43. The van der Waals surface area contributed by atoms with Gasteiger partial charge in [0.05, 0.1) is 12.1 Å². The normalized spacial score (nSPS) is 24.2. The summed E-state index contributed by atoms with van der Waals surface area (Å²) >= 11 is 0. The molecule has 1 fully saturated rings. The molecular formula is C11H22N4. The zero-order chi connectivity index (χ0) is 10.9. The first-order valence-corrected chi connectivity index (χ1v) is 5.86. The third kappa shape index (κ3) is 1.95. The van der Waals surface area contributed by atoms with Gasteiger partial charge in [-0.2, -0.15) is 0 Å². The minimum atomic E-state index is 0.292.